The fourth-order valence-corrected chi connectivity index (χ4v) is 2.80. The van der Waals surface area contributed by atoms with Crippen molar-refractivity contribution in [1.29, 1.82) is 0 Å². The van der Waals surface area contributed by atoms with Crippen LogP contribution >= 0.6 is 0 Å². The van der Waals surface area contributed by atoms with Crippen LogP contribution in [0.15, 0.2) is 59.1 Å². The van der Waals surface area contributed by atoms with Gasteiger partial charge in [0.2, 0.25) is 5.78 Å². The molecule has 0 fully saturated rings. The van der Waals surface area contributed by atoms with Gasteiger partial charge in [0, 0.05) is 23.9 Å². The van der Waals surface area contributed by atoms with Crippen LogP contribution < -0.4 is 10.1 Å². The Morgan fingerprint density at radius 1 is 1.12 bits per heavy atom. The maximum atomic E-state index is 12.7. The number of carbonyl (C=O) groups excluding carboxylic acids is 2. The highest BCUT2D eigenvalue weighted by Crippen LogP contribution is 2.29. The van der Waals surface area contributed by atoms with Crippen LogP contribution in [-0.2, 0) is 4.79 Å². The number of nitrogens with zero attached hydrogens (tertiary/aromatic N) is 1. The lowest BCUT2D eigenvalue weighted by atomic mass is 9.87. The molecule has 0 aromatic heterocycles. The minimum Gasteiger partial charge on any atom is -0.506 e. The van der Waals surface area contributed by atoms with E-state index in [9.17, 15) is 14.7 Å². The van der Waals surface area contributed by atoms with Gasteiger partial charge in [-0.15, -0.1) is 0 Å². The summed E-state index contributed by atoms with van der Waals surface area (Å²) >= 11 is 0. The van der Waals surface area contributed by atoms with Crippen LogP contribution in [0.1, 0.15) is 22.8 Å². The summed E-state index contributed by atoms with van der Waals surface area (Å²) in [5.41, 5.74) is 0.959. The van der Waals surface area contributed by atoms with Gasteiger partial charge in [-0.25, -0.2) is 0 Å². The van der Waals surface area contributed by atoms with Gasteiger partial charge in [-0.1, -0.05) is 24.3 Å². The molecule has 2 N–H and O–H groups in total. The molecule has 0 saturated heterocycles. The zero-order valence-corrected chi connectivity index (χ0v) is 14.4. The van der Waals surface area contributed by atoms with Gasteiger partial charge in [0.15, 0.2) is 0 Å². The highest BCUT2D eigenvalue weighted by atomic mass is 16.5. The number of rotatable bonds is 4. The molecule has 1 aliphatic carbocycles. The Balaban J connectivity index is 1.95. The van der Waals surface area contributed by atoms with Gasteiger partial charge in [0.25, 0.3) is 5.91 Å². The van der Waals surface area contributed by atoms with Gasteiger partial charge in [0.05, 0.1) is 6.61 Å². The van der Waals surface area contributed by atoms with Crippen molar-refractivity contribution >= 4 is 28.8 Å². The Bertz CT molecular complexity index is 927. The molecule has 0 radical (unpaired) electrons. The summed E-state index contributed by atoms with van der Waals surface area (Å²) in [5.74, 6) is -0.567. The molecule has 1 amide bonds. The smallest absolute Gasteiger partial charge is 0.261 e. The van der Waals surface area contributed by atoms with Crippen molar-refractivity contribution in [2.24, 2.45) is 4.99 Å². The number of anilines is 1. The largest absolute Gasteiger partial charge is 0.506 e. The molecule has 0 saturated carbocycles. The van der Waals surface area contributed by atoms with Crippen LogP contribution in [0, 0.1) is 0 Å². The standard InChI is InChI=1S/C20H18N2O4/c1-3-26-13-10-8-12(9-11-13)22-20(25)16-17(21-2)19(24)15-7-5-4-6-14(15)18(16)23/h4-11,23H,3H2,1-2H3,(H,22,25). The number of hydrogen-bond donors (Lipinski definition) is 2. The lowest BCUT2D eigenvalue weighted by Crippen LogP contribution is -2.31. The van der Waals surface area contributed by atoms with Crippen molar-refractivity contribution in [2.75, 3.05) is 19.0 Å². The average molecular weight is 350 g/mol. The van der Waals surface area contributed by atoms with Crippen LogP contribution in [0.5, 0.6) is 5.75 Å². The van der Waals surface area contributed by atoms with Gasteiger partial charge in [-0.3, -0.25) is 14.6 Å². The van der Waals surface area contributed by atoms with Gasteiger partial charge >= 0.3 is 0 Å². The molecule has 3 rings (SSSR count). The number of aliphatic hydroxyl groups is 1. The van der Waals surface area contributed by atoms with E-state index >= 15 is 0 Å². The molecular formula is C20H18N2O4. The number of ether oxygens (including phenoxy) is 1. The second-order valence-corrected chi connectivity index (χ2v) is 5.58. The topological polar surface area (TPSA) is 88.0 Å². The molecule has 6 heteroatoms. The molecule has 0 unspecified atom stereocenters. The summed E-state index contributed by atoms with van der Waals surface area (Å²) in [5, 5.41) is 13.3. The fraction of sp³-hybridized carbons (Fsp3) is 0.150. The van der Waals surface area contributed by atoms with Gasteiger partial charge in [-0.05, 0) is 31.2 Å². The van der Waals surface area contributed by atoms with Crippen LogP contribution in [0.25, 0.3) is 5.76 Å². The number of aliphatic hydroxyl groups excluding tert-OH is 1. The molecule has 1 aliphatic rings. The highest BCUT2D eigenvalue weighted by molar-refractivity contribution is 6.59. The van der Waals surface area contributed by atoms with Crippen molar-refractivity contribution < 1.29 is 19.4 Å². The number of Topliss-reactive ketones (excluding diaryl/α,β-unsaturated/α-hetero) is 1. The zero-order chi connectivity index (χ0) is 18.7. The molecule has 0 bridgehead atoms. The first-order chi connectivity index (χ1) is 12.6. The quantitative estimate of drug-likeness (QED) is 0.886. The monoisotopic (exact) mass is 350 g/mol. The summed E-state index contributed by atoms with van der Waals surface area (Å²) in [6.07, 6.45) is 0. The summed E-state index contributed by atoms with van der Waals surface area (Å²) in [4.78, 5) is 29.3. The van der Waals surface area contributed by atoms with E-state index in [1.54, 1.807) is 48.5 Å². The van der Waals surface area contributed by atoms with Crippen molar-refractivity contribution in [3.8, 4) is 5.75 Å². The van der Waals surface area contributed by atoms with Gasteiger partial charge < -0.3 is 15.2 Å². The van der Waals surface area contributed by atoms with Crippen molar-refractivity contribution in [3.63, 3.8) is 0 Å². The predicted octanol–water partition coefficient (Wildman–Crippen LogP) is 3.26. The SMILES string of the molecule is CCOc1ccc(NC(=O)C2=C(O)c3ccccc3C(=O)C2=NC)cc1. The zero-order valence-electron chi connectivity index (χ0n) is 14.4. The first-order valence-corrected chi connectivity index (χ1v) is 8.15. The lowest BCUT2D eigenvalue weighted by molar-refractivity contribution is -0.112. The van der Waals surface area contributed by atoms with Crippen LogP contribution in [0.2, 0.25) is 0 Å². The number of hydrogen-bond acceptors (Lipinski definition) is 5. The maximum absolute atomic E-state index is 12.7. The predicted molar refractivity (Wildman–Crippen MR) is 99.9 cm³/mol. The number of amides is 1. The molecule has 2 aromatic carbocycles. The van der Waals surface area contributed by atoms with E-state index in [0.717, 1.165) is 0 Å². The molecule has 132 valence electrons. The molecule has 0 spiro atoms. The van der Waals surface area contributed by atoms with E-state index in [1.807, 2.05) is 6.92 Å². The maximum Gasteiger partial charge on any atom is 0.261 e. The number of aliphatic imine (C=N–C) groups is 1. The van der Waals surface area contributed by atoms with E-state index < -0.39 is 11.7 Å². The number of ketones is 1. The Kier molecular flexibility index (Phi) is 4.84. The summed E-state index contributed by atoms with van der Waals surface area (Å²) < 4.78 is 5.36. The fourth-order valence-electron chi connectivity index (χ4n) is 2.80. The Morgan fingerprint density at radius 2 is 1.77 bits per heavy atom. The molecule has 6 nitrogen and oxygen atoms in total. The van der Waals surface area contributed by atoms with Crippen molar-refractivity contribution in [1.82, 2.24) is 0 Å². The summed E-state index contributed by atoms with van der Waals surface area (Å²) in [7, 11) is 1.42. The molecule has 0 heterocycles. The van der Waals surface area contributed by atoms with E-state index in [0.29, 0.717) is 29.2 Å². The minimum absolute atomic E-state index is 0.0652. The number of fused-ring (bicyclic) bond motifs is 1. The Morgan fingerprint density at radius 3 is 2.38 bits per heavy atom. The molecule has 0 aliphatic heterocycles. The van der Waals surface area contributed by atoms with Gasteiger partial charge in [0.1, 0.15) is 22.8 Å². The van der Waals surface area contributed by atoms with E-state index in [2.05, 4.69) is 10.3 Å². The lowest BCUT2D eigenvalue weighted by Gasteiger charge is -2.20. The third-order valence-corrected chi connectivity index (χ3v) is 3.99. The molecular weight excluding hydrogens is 332 g/mol. The van der Waals surface area contributed by atoms with Crippen LogP contribution in [0.3, 0.4) is 0 Å². The van der Waals surface area contributed by atoms with E-state index in [1.165, 1.54) is 7.05 Å². The summed E-state index contributed by atoms with van der Waals surface area (Å²) in [6, 6.07) is 13.4. The van der Waals surface area contributed by atoms with Crippen molar-refractivity contribution in [3.05, 3.63) is 65.2 Å². The molecule has 26 heavy (non-hydrogen) atoms. The first kappa shape index (κ1) is 17.4. The van der Waals surface area contributed by atoms with Gasteiger partial charge in [-0.2, -0.15) is 0 Å². The minimum atomic E-state index is -0.602. The Labute approximate surface area is 150 Å². The normalized spacial score (nSPS) is 15.0. The highest BCUT2D eigenvalue weighted by Gasteiger charge is 2.34. The Hall–Kier alpha value is -3.41. The third kappa shape index (κ3) is 3.09. The second kappa shape index (κ2) is 7.23. The first-order valence-electron chi connectivity index (χ1n) is 8.15. The number of carbonyl (C=O) groups is 2. The van der Waals surface area contributed by atoms with E-state index in [-0.39, 0.29) is 17.0 Å². The second-order valence-electron chi connectivity index (χ2n) is 5.58. The number of nitrogens with one attached hydrogen (secondary N) is 1. The van der Waals surface area contributed by atoms with E-state index in [4.69, 9.17) is 4.74 Å². The van der Waals surface area contributed by atoms with Crippen LogP contribution in [-0.4, -0.2) is 36.2 Å². The molecule has 2 aromatic rings. The third-order valence-electron chi connectivity index (χ3n) is 3.99. The average Bonchev–Trinajstić information content (AvgIpc) is 2.66. The number of benzene rings is 2. The summed E-state index contributed by atoms with van der Waals surface area (Å²) in [6.45, 7) is 2.43. The molecule has 0 atom stereocenters. The van der Waals surface area contributed by atoms with Crippen molar-refractivity contribution in [2.45, 2.75) is 6.92 Å². The van der Waals surface area contributed by atoms with Crippen LogP contribution in [0.4, 0.5) is 5.69 Å².